The van der Waals surface area contributed by atoms with Crippen LogP contribution in [0.2, 0.25) is 5.02 Å². The van der Waals surface area contributed by atoms with E-state index in [4.69, 9.17) is 11.6 Å². The van der Waals surface area contributed by atoms with Gasteiger partial charge in [0.05, 0.1) is 12.1 Å². The predicted molar refractivity (Wildman–Crippen MR) is 120 cm³/mol. The molecular weight excluding hydrogens is 415 g/mol. The molecule has 1 N–H and O–H groups in total. The van der Waals surface area contributed by atoms with Crippen LogP contribution in [0, 0.1) is 19.7 Å². The first kappa shape index (κ1) is 20.8. The van der Waals surface area contributed by atoms with Gasteiger partial charge in [0.15, 0.2) is 0 Å². The van der Waals surface area contributed by atoms with Crippen LogP contribution >= 0.6 is 11.6 Å². The number of aryl methyl sites for hydroxylation is 2. The molecule has 3 aromatic carbocycles. The van der Waals surface area contributed by atoms with Crippen LogP contribution in [-0.2, 0) is 16.1 Å². The topological polar surface area (TPSA) is 49.4 Å². The number of benzene rings is 3. The third kappa shape index (κ3) is 4.09. The smallest absolute Gasteiger partial charge is 0.278 e. The highest BCUT2D eigenvalue weighted by Gasteiger charge is 2.40. The highest BCUT2D eigenvalue weighted by Crippen LogP contribution is 2.34. The third-order valence-electron chi connectivity index (χ3n) is 5.20. The van der Waals surface area contributed by atoms with Gasteiger partial charge in [-0.05, 0) is 54.8 Å². The molecule has 0 aromatic heterocycles. The number of carbonyl (C=O) groups is 2. The van der Waals surface area contributed by atoms with Gasteiger partial charge < -0.3 is 5.32 Å². The monoisotopic (exact) mass is 434 g/mol. The predicted octanol–water partition coefficient (Wildman–Crippen LogP) is 5.49. The van der Waals surface area contributed by atoms with Crippen LogP contribution in [0.15, 0.2) is 72.4 Å². The Kier molecular flexibility index (Phi) is 5.61. The van der Waals surface area contributed by atoms with Crippen molar-refractivity contribution in [1.29, 1.82) is 0 Å². The molecule has 1 aliphatic heterocycles. The van der Waals surface area contributed by atoms with E-state index < -0.39 is 17.6 Å². The van der Waals surface area contributed by atoms with Crippen molar-refractivity contribution in [3.05, 3.63) is 106 Å². The maximum absolute atomic E-state index is 13.7. The SMILES string of the molecule is Cc1ccc(C2=C(Nc3cccc(F)c3)C(=O)N(Cc3ccccc3Cl)C2=O)c(C)c1. The summed E-state index contributed by atoms with van der Waals surface area (Å²) in [5.41, 5.74) is 4.01. The summed E-state index contributed by atoms with van der Waals surface area (Å²) in [6.07, 6.45) is 0. The van der Waals surface area contributed by atoms with Gasteiger partial charge >= 0.3 is 0 Å². The van der Waals surface area contributed by atoms with E-state index >= 15 is 0 Å². The number of amides is 2. The molecule has 0 radical (unpaired) electrons. The maximum atomic E-state index is 13.7. The van der Waals surface area contributed by atoms with E-state index in [0.29, 0.717) is 21.8 Å². The fourth-order valence-corrected chi connectivity index (χ4v) is 3.88. The Balaban J connectivity index is 1.80. The van der Waals surface area contributed by atoms with Gasteiger partial charge in [-0.25, -0.2) is 4.39 Å². The van der Waals surface area contributed by atoms with Gasteiger partial charge in [-0.15, -0.1) is 0 Å². The molecular formula is C25H20ClFN2O2. The standard InChI is InChI=1S/C25H20ClFN2O2/c1-15-10-11-20(16(2)12-15)22-23(28-19-8-5-7-18(27)13-19)25(31)29(24(22)30)14-17-6-3-4-9-21(17)26/h3-13,28H,14H2,1-2H3. The number of nitrogens with zero attached hydrogens (tertiary/aromatic N) is 1. The van der Waals surface area contributed by atoms with Gasteiger partial charge in [0.1, 0.15) is 11.5 Å². The molecule has 0 saturated carbocycles. The molecule has 156 valence electrons. The first-order valence-electron chi connectivity index (χ1n) is 9.79. The van der Waals surface area contributed by atoms with Crippen LogP contribution in [0.5, 0.6) is 0 Å². The Morgan fingerprint density at radius 3 is 2.42 bits per heavy atom. The lowest BCUT2D eigenvalue weighted by Crippen LogP contribution is -2.32. The summed E-state index contributed by atoms with van der Waals surface area (Å²) in [7, 11) is 0. The normalized spacial score (nSPS) is 13.9. The van der Waals surface area contributed by atoms with Gasteiger partial charge in [0.2, 0.25) is 0 Å². The quantitative estimate of drug-likeness (QED) is 0.540. The van der Waals surface area contributed by atoms with Crippen molar-refractivity contribution in [2.45, 2.75) is 20.4 Å². The summed E-state index contributed by atoms with van der Waals surface area (Å²) in [5.74, 6) is -1.34. The first-order chi connectivity index (χ1) is 14.8. The van der Waals surface area contributed by atoms with Crippen molar-refractivity contribution >= 4 is 34.7 Å². The molecule has 0 bridgehead atoms. The average molecular weight is 435 g/mol. The lowest BCUT2D eigenvalue weighted by atomic mass is 9.97. The molecule has 3 aromatic rings. The Morgan fingerprint density at radius 1 is 0.935 bits per heavy atom. The molecule has 0 fully saturated rings. The zero-order valence-corrected chi connectivity index (χ0v) is 17.8. The van der Waals surface area contributed by atoms with Gasteiger partial charge in [-0.1, -0.05) is 59.6 Å². The van der Waals surface area contributed by atoms with E-state index in [2.05, 4.69) is 5.32 Å². The Hall–Kier alpha value is -3.44. The molecule has 6 heteroatoms. The van der Waals surface area contributed by atoms with E-state index in [9.17, 15) is 14.0 Å². The fraction of sp³-hybridized carbons (Fsp3) is 0.120. The molecule has 1 aliphatic rings. The number of rotatable bonds is 5. The fourth-order valence-electron chi connectivity index (χ4n) is 3.69. The number of carbonyl (C=O) groups excluding carboxylic acids is 2. The number of anilines is 1. The van der Waals surface area contributed by atoms with Crippen LogP contribution < -0.4 is 5.32 Å². The zero-order chi connectivity index (χ0) is 22.1. The van der Waals surface area contributed by atoms with E-state index in [1.165, 1.54) is 18.2 Å². The summed E-state index contributed by atoms with van der Waals surface area (Å²) in [4.78, 5) is 27.9. The first-order valence-corrected chi connectivity index (χ1v) is 10.2. The second-order valence-electron chi connectivity index (χ2n) is 7.49. The molecule has 0 aliphatic carbocycles. The number of nitrogens with one attached hydrogen (secondary N) is 1. The van der Waals surface area contributed by atoms with Crippen LogP contribution in [0.1, 0.15) is 22.3 Å². The van der Waals surface area contributed by atoms with Crippen LogP contribution in [0.25, 0.3) is 5.57 Å². The maximum Gasteiger partial charge on any atom is 0.278 e. The number of halogens is 2. The largest absolute Gasteiger partial charge is 0.350 e. The van der Waals surface area contributed by atoms with Crippen molar-refractivity contribution in [3.8, 4) is 0 Å². The number of hydrogen-bond donors (Lipinski definition) is 1. The second-order valence-corrected chi connectivity index (χ2v) is 7.90. The highest BCUT2D eigenvalue weighted by molar-refractivity contribution is 6.37. The lowest BCUT2D eigenvalue weighted by molar-refractivity contribution is -0.137. The van der Waals surface area contributed by atoms with E-state index in [-0.39, 0.29) is 17.8 Å². The summed E-state index contributed by atoms with van der Waals surface area (Å²) in [5, 5.41) is 3.45. The third-order valence-corrected chi connectivity index (χ3v) is 5.57. The van der Waals surface area contributed by atoms with Crippen molar-refractivity contribution in [2.75, 3.05) is 5.32 Å². The summed E-state index contributed by atoms with van der Waals surface area (Å²) in [6.45, 7) is 3.89. The second kappa shape index (κ2) is 8.36. The van der Waals surface area contributed by atoms with Crippen LogP contribution in [0.4, 0.5) is 10.1 Å². The Bertz CT molecular complexity index is 1240. The van der Waals surface area contributed by atoms with E-state index in [1.807, 2.05) is 32.0 Å². The van der Waals surface area contributed by atoms with Crippen LogP contribution in [-0.4, -0.2) is 16.7 Å². The highest BCUT2D eigenvalue weighted by atomic mass is 35.5. The summed E-state index contributed by atoms with van der Waals surface area (Å²) in [6, 6.07) is 18.5. The zero-order valence-electron chi connectivity index (χ0n) is 17.1. The molecule has 31 heavy (non-hydrogen) atoms. The molecule has 4 nitrogen and oxygen atoms in total. The lowest BCUT2D eigenvalue weighted by Gasteiger charge is -2.16. The van der Waals surface area contributed by atoms with Gasteiger partial charge in [-0.2, -0.15) is 0 Å². The molecule has 4 rings (SSSR count). The Morgan fingerprint density at radius 2 is 1.71 bits per heavy atom. The number of hydrogen-bond acceptors (Lipinski definition) is 3. The van der Waals surface area contributed by atoms with Crippen molar-refractivity contribution < 1.29 is 14.0 Å². The van der Waals surface area contributed by atoms with Crippen LogP contribution in [0.3, 0.4) is 0 Å². The van der Waals surface area contributed by atoms with E-state index in [1.54, 1.807) is 30.3 Å². The molecule has 0 unspecified atom stereocenters. The van der Waals surface area contributed by atoms with Gasteiger partial charge in [0.25, 0.3) is 11.8 Å². The van der Waals surface area contributed by atoms with Crippen molar-refractivity contribution in [1.82, 2.24) is 4.90 Å². The van der Waals surface area contributed by atoms with Gasteiger partial charge in [-0.3, -0.25) is 14.5 Å². The number of imide groups is 1. The van der Waals surface area contributed by atoms with Crippen molar-refractivity contribution in [2.24, 2.45) is 0 Å². The summed E-state index contributed by atoms with van der Waals surface area (Å²) >= 11 is 6.26. The molecule has 0 saturated heterocycles. The minimum absolute atomic E-state index is 0.0417. The van der Waals surface area contributed by atoms with E-state index in [0.717, 1.165) is 16.0 Å². The minimum atomic E-state index is -0.482. The molecule has 2 amide bonds. The Labute approximate surface area is 185 Å². The molecule has 0 atom stereocenters. The average Bonchev–Trinajstić information content (AvgIpc) is 2.94. The van der Waals surface area contributed by atoms with Crippen molar-refractivity contribution in [3.63, 3.8) is 0 Å². The van der Waals surface area contributed by atoms with Gasteiger partial charge in [0, 0.05) is 10.7 Å². The summed E-state index contributed by atoms with van der Waals surface area (Å²) < 4.78 is 13.7. The molecule has 1 heterocycles. The minimum Gasteiger partial charge on any atom is -0.350 e. The molecule has 0 spiro atoms.